The van der Waals surface area contributed by atoms with E-state index in [1.807, 2.05) is 0 Å². The number of rotatable bonds is 5. The predicted octanol–water partition coefficient (Wildman–Crippen LogP) is 0.820. The van der Waals surface area contributed by atoms with E-state index in [9.17, 15) is 31.7 Å². The monoisotopic (exact) mass is 448 g/mol. The van der Waals surface area contributed by atoms with Crippen molar-refractivity contribution < 1.29 is 26.6 Å². The molecule has 0 aliphatic carbocycles. The lowest BCUT2D eigenvalue weighted by molar-refractivity contribution is -0.384. The number of primary sulfonamides is 1. The highest BCUT2D eigenvalue weighted by molar-refractivity contribution is 7.90. The Morgan fingerprint density at radius 3 is 2.25 bits per heavy atom. The highest BCUT2D eigenvalue weighted by Crippen LogP contribution is 2.31. The molecule has 0 bridgehead atoms. The number of halogens is 1. The molecular weight excluding hydrogens is 436 g/mol. The molecule has 2 aromatic carbocycles. The molecule has 28 heavy (non-hydrogen) atoms. The van der Waals surface area contributed by atoms with Crippen molar-refractivity contribution in [2.24, 2.45) is 11.0 Å². The fourth-order valence-electron chi connectivity index (χ4n) is 2.19. The van der Waals surface area contributed by atoms with Gasteiger partial charge in [-0.1, -0.05) is 11.6 Å². The third-order valence-corrected chi connectivity index (χ3v) is 6.04. The van der Waals surface area contributed by atoms with Crippen LogP contribution in [0.25, 0.3) is 0 Å². The second-order valence-electron chi connectivity index (χ2n) is 5.55. The van der Waals surface area contributed by atoms with E-state index in [1.54, 1.807) is 0 Å². The van der Waals surface area contributed by atoms with Crippen molar-refractivity contribution in [2.75, 3.05) is 11.3 Å². The van der Waals surface area contributed by atoms with Crippen molar-refractivity contribution in [2.45, 2.75) is 9.79 Å². The molecule has 0 spiro atoms. The molecule has 150 valence electrons. The van der Waals surface area contributed by atoms with Crippen molar-refractivity contribution >= 4 is 48.7 Å². The van der Waals surface area contributed by atoms with Gasteiger partial charge in [-0.3, -0.25) is 14.9 Å². The van der Waals surface area contributed by atoms with Gasteiger partial charge in [-0.25, -0.2) is 32.8 Å². The number of sulfone groups is 1. The number of sulfonamides is 1. The van der Waals surface area contributed by atoms with Crippen LogP contribution in [0.3, 0.4) is 0 Å². The summed E-state index contributed by atoms with van der Waals surface area (Å²) >= 11 is 5.75. The summed E-state index contributed by atoms with van der Waals surface area (Å²) in [5.41, 5.74) is -1.41. The van der Waals surface area contributed by atoms with E-state index in [2.05, 4.69) is 0 Å². The number of benzene rings is 2. The van der Waals surface area contributed by atoms with E-state index >= 15 is 0 Å². The highest BCUT2D eigenvalue weighted by atomic mass is 35.5. The van der Waals surface area contributed by atoms with Gasteiger partial charge in [0.25, 0.3) is 11.6 Å². The van der Waals surface area contributed by atoms with Crippen LogP contribution in [0.4, 0.5) is 11.4 Å². The van der Waals surface area contributed by atoms with Gasteiger partial charge in [0, 0.05) is 17.9 Å². The SMILES string of the molecule is CS(=O)(=O)c1ccc(N(N)C(=O)c2ccc(Cl)c(S(N)(=O)=O)c2)c([N+](=O)[O-])c1. The zero-order valence-electron chi connectivity index (χ0n) is 14.1. The first-order valence-corrected chi connectivity index (χ1v) is 10.9. The van der Waals surface area contributed by atoms with Crippen LogP contribution in [0.15, 0.2) is 46.2 Å². The van der Waals surface area contributed by atoms with Crippen LogP contribution in [0.1, 0.15) is 10.4 Å². The number of nitrogens with two attached hydrogens (primary N) is 2. The van der Waals surface area contributed by atoms with Gasteiger partial charge in [-0.15, -0.1) is 0 Å². The molecular formula is C14H13ClN4O7S2. The molecule has 0 unspecified atom stereocenters. The Hall–Kier alpha value is -2.58. The molecule has 11 nitrogen and oxygen atoms in total. The average molecular weight is 449 g/mol. The first kappa shape index (κ1) is 21.7. The minimum Gasteiger partial charge on any atom is -0.267 e. The van der Waals surface area contributed by atoms with E-state index < -0.39 is 47.0 Å². The lowest BCUT2D eigenvalue weighted by atomic mass is 10.2. The topological polar surface area (TPSA) is 184 Å². The van der Waals surface area contributed by atoms with Gasteiger partial charge in [0.2, 0.25) is 10.0 Å². The number of nitro groups is 1. The molecule has 4 N–H and O–H groups in total. The minimum absolute atomic E-state index is 0.230. The molecule has 2 aromatic rings. The second-order valence-corrected chi connectivity index (χ2v) is 9.50. The highest BCUT2D eigenvalue weighted by Gasteiger charge is 2.26. The summed E-state index contributed by atoms with van der Waals surface area (Å²) in [6, 6.07) is 5.91. The second kappa shape index (κ2) is 7.44. The number of carbonyl (C=O) groups is 1. The third-order valence-electron chi connectivity index (χ3n) is 3.53. The van der Waals surface area contributed by atoms with Gasteiger partial charge in [0.1, 0.15) is 10.6 Å². The summed E-state index contributed by atoms with van der Waals surface area (Å²) in [5, 5.41) is 16.5. The van der Waals surface area contributed by atoms with Gasteiger partial charge in [0.05, 0.1) is 14.8 Å². The maximum absolute atomic E-state index is 12.6. The van der Waals surface area contributed by atoms with Crippen LogP contribution >= 0.6 is 11.6 Å². The van der Waals surface area contributed by atoms with Crippen molar-refractivity contribution in [3.8, 4) is 0 Å². The molecule has 0 aliphatic heterocycles. The Bertz CT molecular complexity index is 1200. The Labute approximate surface area is 164 Å². The maximum Gasteiger partial charge on any atom is 0.295 e. The molecule has 0 heterocycles. The lowest BCUT2D eigenvalue weighted by Crippen LogP contribution is -2.38. The maximum atomic E-state index is 12.6. The van der Waals surface area contributed by atoms with Crippen molar-refractivity contribution in [1.29, 1.82) is 0 Å². The quantitative estimate of drug-likeness (QED) is 0.291. The summed E-state index contributed by atoms with van der Waals surface area (Å²) in [6.45, 7) is 0. The largest absolute Gasteiger partial charge is 0.295 e. The van der Waals surface area contributed by atoms with Gasteiger partial charge in [-0.2, -0.15) is 0 Å². The minimum atomic E-state index is -4.24. The van der Waals surface area contributed by atoms with Gasteiger partial charge in [0.15, 0.2) is 9.84 Å². The number of hydrogen-bond donors (Lipinski definition) is 2. The lowest BCUT2D eigenvalue weighted by Gasteiger charge is -2.17. The van der Waals surface area contributed by atoms with E-state index in [1.165, 1.54) is 0 Å². The first-order valence-electron chi connectivity index (χ1n) is 7.13. The zero-order chi connectivity index (χ0) is 21.4. The smallest absolute Gasteiger partial charge is 0.267 e. The summed E-state index contributed by atoms with van der Waals surface area (Å²) in [4.78, 5) is 22.1. The number of carbonyl (C=O) groups excluding carboxylic acids is 1. The number of anilines is 1. The number of hydrogen-bond acceptors (Lipinski definition) is 8. The van der Waals surface area contributed by atoms with Crippen molar-refractivity contribution in [3.63, 3.8) is 0 Å². The van der Waals surface area contributed by atoms with E-state index in [0.717, 1.165) is 42.7 Å². The standard InChI is InChI=1S/C14H13ClN4O7S2/c1-27(23,24)9-3-5-11(12(7-9)19(21)22)18(16)14(20)8-2-4-10(15)13(6-8)28(17,25)26/h2-7H,16H2,1H3,(H2,17,25,26). The van der Waals surface area contributed by atoms with Crippen LogP contribution in [0.2, 0.25) is 5.02 Å². The van der Waals surface area contributed by atoms with Gasteiger partial charge < -0.3 is 0 Å². The molecule has 0 fully saturated rings. The van der Waals surface area contributed by atoms with Crippen molar-refractivity contribution in [1.82, 2.24) is 0 Å². The van der Waals surface area contributed by atoms with Crippen LogP contribution in [0.5, 0.6) is 0 Å². The first-order chi connectivity index (χ1) is 12.7. The predicted molar refractivity (Wildman–Crippen MR) is 100 cm³/mol. The molecule has 0 atom stereocenters. The van der Waals surface area contributed by atoms with Crippen LogP contribution in [0, 0.1) is 10.1 Å². The zero-order valence-corrected chi connectivity index (χ0v) is 16.5. The Kier molecular flexibility index (Phi) is 5.77. The normalized spacial score (nSPS) is 11.9. The summed E-state index contributed by atoms with van der Waals surface area (Å²) in [5.74, 6) is 4.66. The van der Waals surface area contributed by atoms with Gasteiger partial charge >= 0.3 is 0 Å². The number of hydrazine groups is 1. The number of nitrogens with zero attached hydrogens (tertiary/aromatic N) is 2. The molecule has 0 radical (unpaired) electrons. The Morgan fingerprint density at radius 1 is 1.14 bits per heavy atom. The van der Waals surface area contributed by atoms with Gasteiger partial charge in [-0.05, 0) is 30.3 Å². The number of amides is 1. The van der Waals surface area contributed by atoms with Crippen molar-refractivity contribution in [3.05, 3.63) is 57.1 Å². The van der Waals surface area contributed by atoms with Crippen LogP contribution in [-0.4, -0.2) is 33.9 Å². The summed E-state index contributed by atoms with van der Waals surface area (Å²) < 4.78 is 46.3. The fourth-order valence-corrected chi connectivity index (χ4v) is 3.90. The summed E-state index contributed by atoms with van der Waals surface area (Å²) in [7, 11) is -7.99. The van der Waals surface area contributed by atoms with E-state index in [-0.39, 0.29) is 15.5 Å². The van der Waals surface area contributed by atoms with Crippen LogP contribution in [-0.2, 0) is 19.9 Å². The molecule has 0 saturated carbocycles. The average Bonchev–Trinajstić information content (AvgIpc) is 2.58. The van der Waals surface area contributed by atoms with Crippen LogP contribution < -0.4 is 16.0 Å². The molecule has 0 saturated heterocycles. The third kappa shape index (κ3) is 4.45. The molecule has 2 rings (SSSR count). The fraction of sp³-hybridized carbons (Fsp3) is 0.0714. The molecule has 14 heteroatoms. The van der Waals surface area contributed by atoms with E-state index in [0.29, 0.717) is 5.01 Å². The molecule has 0 aromatic heterocycles. The van der Waals surface area contributed by atoms with E-state index in [4.69, 9.17) is 22.6 Å². The molecule has 1 amide bonds. The molecule has 0 aliphatic rings. The number of nitro benzene ring substituents is 1. The Balaban J connectivity index is 2.56. The Morgan fingerprint density at radius 2 is 1.75 bits per heavy atom. The summed E-state index contributed by atoms with van der Waals surface area (Å²) in [6.07, 6.45) is 0.861.